The zero-order valence-corrected chi connectivity index (χ0v) is 17.8. The number of nitrogens with zero attached hydrogens (tertiary/aromatic N) is 2. The lowest BCUT2D eigenvalue weighted by atomic mass is 10.1. The highest BCUT2D eigenvalue weighted by Crippen LogP contribution is 2.34. The molecule has 0 fully saturated rings. The number of aromatic nitrogens is 2. The van der Waals surface area contributed by atoms with Crippen molar-refractivity contribution in [2.45, 2.75) is 25.8 Å². The van der Waals surface area contributed by atoms with Crippen molar-refractivity contribution in [1.82, 2.24) is 9.97 Å². The molecular formula is C19H17ClF3N3OS2. The minimum Gasteiger partial charge on any atom is -0.298 e. The smallest absolute Gasteiger partial charge is 0.298 e. The van der Waals surface area contributed by atoms with E-state index in [1.54, 1.807) is 12.3 Å². The van der Waals surface area contributed by atoms with Crippen molar-refractivity contribution in [3.8, 4) is 21.8 Å². The average molecular weight is 460 g/mol. The molecule has 3 aromatic rings. The number of hydrogen-bond donors (Lipinski definition) is 1. The molecule has 0 aliphatic rings. The van der Waals surface area contributed by atoms with Crippen molar-refractivity contribution in [1.29, 1.82) is 0 Å². The number of anilines is 1. The van der Waals surface area contributed by atoms with Crippen LogP contribution in [0.3, 0.4) is 0 Å². The number of benzene rings is 1. The van der Waals surface area contributed by atoms with Crippen LogP contribution >= 0.6 is 22.9 Å². The van der Waals surface area contributed by atoms with E-state index in [1.165, 1.54) is 23.5 Å². The molecule has 0 aliphatic carbocycles. The van der Waals surface area contributed by atoms with Gasteiger partial charge >= 0.3 is 5.51 Å². The molecule has 10 heteroatoms. The Balaban J connectivity index is 1.83. The lowest BCUT2D eigenvalue weighted by Gasteiger charge is -2.10. The fraction of sp³-hybridized carbons (Fsp3) is 0.263. The molecule has 0 radical (unpaired) electrons. The van der Waals surface area contributed by atoms with E-state index in [0.29, 0.717) is 17.2 Å². The standard InChI is InChI=1S/C19H17ClF3N3OS2/c1-11(2)7-14-8-12(5-6-24-14)18-25-17(10-28-18)15-4-3-13(9-16(15)20)26-29(27)19(21,22)23/h3-6,8-11,26H,7H2,1-2H3. The molecule has 0 saturated carbocycles. The van der Waals surface area contributed by atoms with Gasteiger partial charge in [-0.2, -0.15) is 13.2 Å². The highest BCUT2D eigenvalue weighted by Gasteiger charge is 2.37. The molecule has 154 valence electrons. The van der Waals surface area contributed by atoms with Gasteiger partial charge in [0.25, 0.3) is 0 Å². The van der Waals surface area contributed by atoms with Gasteiger partial charge in [-0.1, -0.05) is 25.4 Å². The molecule has 2 heterocycles. The molecule has 29 heavy (non-hydrogen) atoms. The SMILES string of the molecule is CC(C)Cc1cc(-c2nc(-c3ccc(NS(=O)C(F)(F)F)cc3Cl)cs2)ccn1. The van der Waals surface area contributed by atoms with Crippen LogP contribution in [-0.4, -0.2) is 19.7 Å². The molecule has 1 aromatic carbocycles. The second kappa shape index (κ2) is 8.81. The number of alkyl halides is 3. The first-order valence-corrected chi connectivity index (χ1v) is 11.0. The van der Waals surface area contributed by atoms with Crippen molar-refractivity contribution < 1.29 is 17.4 Å². The lowest BCUT2D eigenvalue weighted by molar-refractivity contribution is -0.0379. The minimum absolute atomic E-state index is 0.0114. The van der Waals surface area contributed by atoms with Gasteiger partial charge in [0.1, 0.15) is 5.01 Å². The van der Waals surface area contributed by atoms with Gasteiger partial charge in [0.2, 0.25) is 11.0 Å². The van der Waals surface area contributed by atoms with Crippen LogP contribution in [0.2, 0.25) is 5.02 Å². The molecular weight excluding hydrogens is 443 g/mol. The Hall–Kier alpha value is -1.97. The van der Waals surface area contributed by atoms with E-state index in [4.69, 9.17) is 11.6 Å². The highest BCUT2D eigenvalue weighted by atomic mass is 35.5. The number of thiazole rings is 1. The summed E-state index contributed by atoms with van der Waals surface area (Å²) in [6.45, 7) is 4.25. The van der Waals surface area contributed by atoms with Gasteiger partial charge in [0.05, 0.1) is 10.7 Å². The Morgan fingerprint density at radius 1 is 1.24 bits per heavy atom. The summed E-state index contributed by atoms with van der Waals surface area (Å²) in [4.78, 5) is 8.99. The number of hydrogen-bond acceptors (Lipinski definition) is 4. The first-order chi connectivity index (χ1) is 13.6. The third-order valence-corrected chi connectivity index (χ3v) is 5.90. The maximum absolute atomic E-state index is 12.4. The van der Waals surface area contributed by atoms with Crippen molar-refractivity contribution in [3.63, 3.8) is 0 Å². The van der Waals surface area contributed by atoms with Crippen molar-refractivity contribution in [2.75, 3.05) is 4.72 Å². The Bertz CT molecular complexity index is 1040. The third kappa shape index (κ3) is 5.55. The van der Waals surface area contributed by atoms with Gasteiger partial charge in [-0.25, -0.2) is 9.19 Å². The summed E-state index contributed by atoms with van der Waals surface area (Å²) in [5, 5.41) is 2.84. The Kier molecular flexibility index (Phi) is 6.60. The lowest BCUT2D eigenvalue weighted by Crippen LogP contribution is -2.22. The number of nitrogens with one attached hydrogen (secondary N) is 1. The fourth-order valence-electron chi connectivity index (χ4n) is 2.62. The molecule has 1 N–H and O–H groups in total. The van der Waals surface area contributed by atoms with Crippen LogP contribution in [0.25, 0.3) is 21.8 Å². The summed E-state index contributed by atoms with van der Waals surface area (Å²) in [6, 6.07) is 8.12. The van der Waals surface area contributed by atoms with Gasteiger partial charge in [-0.05, 0) is 42.7 Å². The van der Waals surface area contributed by atoms with Gasteiger partial charge in [0, 0.05) is 34.1 Å². The van der Waals surface area contributed by atoms with Crippen molar-refractivity contribution in [3.05, 3.63) is 52.6 Å². The molecule has 2 aromatic heterocycles. The van der Waals surface area contributed by atoms with Crippen LogP contribution in [-0.2, 0) is 17.4 Å². The average Bonchev–Trinajstić information content (AvgIpc) is 3.10. The van der Waals surface area contributed by atoms with Crippen LogP contribution in [0.5, 0.6) is 0 Å². The normalized spacial score (nSPS) is 12.9. The second-order valence-electron chi connectivity index (χ2n) is 6.68. The molecule has 0 saturated heterocycles. The van der Waals surface area contributed by atoms with E-state index >= 15 is 0 Å². The minimum atomic E-state index is -4.85. The molecule has 0 aliphatic heterocycles. The first-order valence-electron chi connectivity index (χ1n) is 8.59. The zero-order chi connectivity index (χ0) is 21.2. The van der Waals surface area contributed by atoms with Crippen molar-refractivity contribution >= 4 is 39.6 Å². The fourth-order valence-corrected chi connectivity index (χ4v) is 4.17. The third-order valence-electron chi connectivity index (χ3n) is 3.85. The Labute approximate surface area is 177 Å². The van der Waals surface area contributed by atoms with Crippen LogP contribution < -0.4 is 4.72 Å². The van der Waals surface area contributed by atoms with Crippen LogP contribution in [0.1, 0.15) is 19.5 Å². The molecule has 4 nitrogen and oxygen atoms in total. The number of halogens is 4. The van der Waals surface area contributed by atoms with Gasteiger partial charge in [-0.15, -0.1) is 11.3 Å². The van der Waals surface area contributed by atoms with Crippen LogP contribution in [0, 0.1) is 5.92 Å². The molecule has 1 atom stereocenters. The highest BCUT2D eigenvalue weighted by molar-refractivity contribution is 7.87. The second-order valence-corrected chi connectivity index (χ2v) is 9.15. The van der Waals surface area contributed by atoms with Crippen molar-refractivity contribution in [2.24, 2.45) is 5.92 Å². The molecule has 1 unspecified atom stereocenters. The number of rotatable bonds is 6. The maximum Gasteiger partial charge on any atom is 0.490 e. The molecule has 3 rings (SSSR count). The summed E-state index contributed by atoms with van der Waals surface area (Å²) >= 11 is 7.68. The van der Waals surface area contributed by atoms with Gasteiger partial charge < -0.3 is 0 Å². The van der Waals surface area contributed by atoms with E-state index in [9.17, 15) is 17.4 Å². The van der Waals surface area contributed by atoms with E-state index < -0.39 is 16.5 Å². The molecule has 0 spiro atoms. The summed E-state index contributed by atoms with van der Waals surface area (Å²) in [5.74, 6) is 0.488. The summed E-state index contributed by atoms with van der Waals surface area (Å²) in [5.41, 5.74) is -1.72. The van der Waals surface area contributed by atoms with E-state index in [-0.39, 0.29) is 10.7 Å². The summed E-state index contributed by atoms with van der Waals surface area (Å²) < 4.78 is 50.4. The summed E-state index contributed by atoms with van der Waals surface area (Å²) in [6.07, 6.45) is 2.62. The first kappa shape index (κ1) is 21.7. The predicted octanol–water partition coefficient (Wildman–Crippen LogP) is 6.32. The number of pyridine rings is 1. The quantitative estimate of drug-likeness (QED) is 0.469. The molecule has 0 amide bonds. The maximum atomic E-state index is 12.4. The van der Waals surface area contributed by atoms with E-state index in [1.807, 2.05) is 22.2 Å². The summed E-state index contributed by atoms with van der Waals surface area (Å²) in [7, 11) is -3.20. The van der Waals surface area contributed by atoms with E-state index in [0.717, 1.165) is 22.7 Å². The van der Waals surface area contributed by atoms with Crippen LogP contribution in [0.15, 0.2) is 41.9 Å². The zero-order valence-electron chi connectivity index (χ0n) is 15.5. The van der Waals surface area contributed by atoms with Gasteiger partial charge in [-0.3, -0.25) is 9.71 Å². The topological polar surface area (TPSA) is 54.9 Å². The van der Waals surface area contributed by atoms with E-state index in [2.05, 4.69) is 23.8 Å². The Morgan fingerprint density at radius 2 is 2.00 bits per heavy atom. The predicted molar refractivity (Wildman–Crippen MR) is 112 cm³/mol. The molecule has 0 bridgehead atoms. The van der Waals surface area contributed by atoms with Gasteiger partial charge in [0.15, 0.2) is 0 Å². The Morgan fingerprint density at radius 3 is 2.66 bits per heavy atom. The largest absolute Gasteiger partial charge is 0.490 e. The van der Waals surface area contributed by atoms with Crippen LogP contribution in [0.4, 0.5) is 18.9 Å². The monoisotopic (exact) mass is 459 g/mol.